The Labute approximate surface area is 170 Å². The fourth-order valence-electron chi connectivity index (χ4n) is 3.41. The van der Waals surface area contributed by atoms with Crippen molar-refractivity contribution in [2.45, 2.75) is 57.0 Å². The molecule has 2 aromatic rings. The summed E-state index contributed by atoms with van der Waals surface area (Å²) in [6, 6.07) is 7.66. The summed E-state index contributed by atoms with van der Waals surface area (Å²) in [5.74, 6) is 0.414. The number of nitrogens with one attached hydrogen (secondary N) is 1. The third kappa shape index (κ3) is 5.53. The van der Waals surface area contributed by atoms with Crippen molar-refractivity contribution in [2.24, 2.45) is 5.92 Å². The molecule has 1 saturated carbocycles. The first-order valence-corrected chi connectivity index (χ1v) is 11.1. The fraction of sp³-hybridized carbons (Fsp3) is 0.545. The molecule has 0 unspecified atom stereocenters. The van der Waals surface area contributed by atoms with E-state index in [1.807, 2.05) is 49.9 Å². The Morgan fingerprint density at radius 3 is 2.71 bits per heavy atom. The molecular formula is C22H29NO4S. The van der Waals surface area contributed by atoms with Crippen molar-refractivity contribution >= 4 is 34.6 Å². The fourth-order valence-corrected chi connectivity index (χ4v) is 4.76. The summed E-state index contributed by atoms with van der Waals surface area (Å²) in [4.78, 5) is 24.5. The number of furan rings is 1. The summed E-state index contributed by atoms with van der Waals surface area (Å²) >= 11 is 1.89. The third-order valence-electron chi connectivity index (χ3n) is 4.94. The SMILES string of the molecule is CC(C)CNC(=O)COC(=O)c1oc2ccccc2c1CSC1CCCCC1. The molecule has 152 valence electrons. The van der Waals surface area contributed by atoms with Gasteiger partial charge in [0.15, 0.2) is 6.61 Å². The quantitative estimate of drug-likeness (QED) is 0.633. The zero-order chi connectivity index (χ0) is 19.9. The molecule has 0 bridgehead atoms. The monoisotopic (exact) mass is 403 g/mol. The van der Waals surface area contributed by atoms with Crippen LogP contribution in [-0.2, 0) is 15.3 Å². The molecule has 0 atom stereocenters. The third-order valence-corrected chi connectivity index (χ3v) is 6.34. The van der Waals surface area contributed by atoms with E-state index < -0.39 is 5.97 Å². The molecule has 0 saturated heterocycles. The molecule has 0 aliphatic heterocycles. The zero-order valence-electron chi connectivity index (χ0n) is 16.7. The van der Waals surface area contributed by atoms with Gasteiger partial charge in [-0.1, -0.05) is 51.3 Å². The molecule has 6 heteroatoms. The second-order valence-electron chi connectivity index (χ2n) is 7.75. The molecule has 0 spiro atoms. The van der Waals surface area contributed by atoms with Crippen LogP contribution in [0.5, 0.6) is 0 Å². The van der Waals surface area contributed by atoms with Crippen molar-refractivity contribution in [1.82, 2.24) is 5.32 Å². The Bertz CT molecular complexity index is 808. The predicted molar refractivity (Wildman–Crippen MR) is 113 cm³/mol. The predicted octanol–water partition coefficient (Wildman–Crippen LogP) is 4.93. The molecule has 1 N–H and O–H groups in total. The number of benzene rings is 1. The lowest BCUT2D eigenvalue weighted by Crippen LogP contribution is -2.31. The van der Waals surface area contributed by atoms with Crippen molar-refractivity contribution in [1.29, 1.82) is 0 Å². The zero-order valence-corrected chi connectivity index (χ0v) is 17.5. The van der Waals surface area contributed by atoms with Crippen LogP contribution in [0.1, 0.15) is 62.1 Å². The lowest BCUT2D eigenvalue weighted by atomic mass is 10.0. The van der Waals surface area contributed by atoms with Crippen molar-refractivity contribution in [3.63, 3.8) is 0 Å². The van der Waals surface area contributed by atoms with Crippen LogP contribution in [0.4, 0.5) is 0 Å². The topological polar surface area (TPSA) is 68.5 Å². The maximum absolute atomic E-state index is 12.6. The van der Waals surface area contributed by atoms with Gasteiger partial charge in [0.25, 0.3) is 5.91 Å². The van der Waals surface area contributed by atoms with Gasteiger partial charge in [0.05, 0.1) is 0 Å². The standard InChI is InChI=1S/C22H29NO4S/c1-15(2)12-23-20(24)13-26-22(25)21-18(14-28-16-8-4-3-5-9-16)17-10-6-7-11-19(17)27-21/h6-7,10-11,15-16H,3-5,8-9,12-14H2,1-2H3,(H,23,24). The lowest BCUT2D eigenvalue weighted by molar-refractivity contribution is -0.124. The largest absolute Gasteiger partial charge is 0.450 e. The first-order chi connectivity index (χ1) is 13.5. The Hall–Kier alpha value is -1.95. The highest BCUT2D eigenvalue weighted by Gasteiger charge is 2.24. The van der Waals surface area contributed by atoms with Gasteiger partial charge in [-0.15, -0.1) is 0 Å². The van der Waals surface area contributed by atoms with E-state index in [0.29, 0.717) is 29.0 Å². The molecule has 1 fully saturated rings. The molecule has 1 aromatic heterocycles. The summed E-state index contributed by atoms with van der Waals surface area (Å²) in [5.41, 5.74) is 1.55. The molecule has 1 heterocycles. The van der Waals surface area contributed by atoms with Crippen LogP contribution in [-0.4, -0.2) is 30.3 Å². The smallest absolute Gasteiger partial charge is 0.375 e. The molecule has 1 amide bonds. The van der Waals surface area contributed by atoms with Gasteiger partial charge in [-0.2, -0.15) is 11.8 Å². The Morgan fingerprint density at radius 1 is 1.21 bits per heavy atom. The summed E-state index contributed by atoms with van der Waals surface area (Å²) < 4.78 is 11.0. The highest BCUT2D eigenvalue weighted by Crippen LogP contribution is 2.35. The van der Waals surface area contributed by atoms with Crippen LogP contribution in [0, 0.1) is 5.92 Å². The molecule has 1 aliphatic carbocycles. The number of fused-ring (bicyclic) bond motifs is 1. The number of esters is 1. The summed E-state index contributed by atoms with van der Waals surface area (Å²) in [7, 11) is 0. The highest BCUT2D eigenvalue weighted by molar-refractivity contribution is 7.99. The first kappa shape index (κ1) is 20.8. The van der Waals surface area contributed by atoms with Crippen molar-refractivity contribution in [3.8, 4) is 0 Å². The van der Waals surface area contributed by atoms with Crippen LogP contribution < -0.4 is 5.32 Å². The number of ether oxygens (including phenoxy) is 1. The van der Waals surface area contributed by atoms with E-state index in [1.165, 1.54) is 32.1 Å². The van der Waals surface area contributed by atoms with Crippen molar-refractivity contribution in [3.05, 3.63) is 35.6 Å². The number of hydrogen-bond acceptors (Lipinski definition) is 5. The Morgan fingerprint density at radius 2 is 1.96 bits per heavy atom. The number of rotatable bonds is 8. The van der Waals surface area contributed by atoms with E-state index in [0.717, 1.165) is 10.9 Å². The Kier molecular flexibility index (Phi) is 7.43. The van der Waals surface area contributed by atoms with E-state index in [-0.39, 0.29) is 18.3 Å². The van der Waals surface area contributed by atoms with E-state index >= 15 is 0 Å². The first-order valence-electron chi connectivity index (χ1n) is 10.1. The van der Waals surface area contributed by atoms with Crippen LogP contribution in [0.2, 0.25) is 0 Å². The summed E-state index contributed by atoms with van der Waals surface area (Å²) in [5, 5.41) is 4.33. The number of amides is 1. The average Bonchev–Trinajstić information content (AvgIpc) is 3.08. The van der Waals surface area contributed by atoms with Crippen LogP contribution in [0.25, 0.3) is 11.0 Å². The number of hydrogen-bond donors (Lipinski definition) is 1. The lowest BCUT2D eigenvalue weighted by Gasteiger charge is -2.20. The van der Waals surface area contributed by atoms with E-state index in [4.69, 9.17) is 9.15 Å². The van der Waals surface area contributed by atoms with Gasteiger partial charge in [0.2, 0.25) is 5.76 Å². The Balaban J connectivity index is 1.68. The van der Waals surface area contributed by atoms with Gasteiger partial charge in [0.1, 0.15) is 5.58 Å². The molecule has 1 aromatic carbocycles. The van der Waals surface area contributed by atoms with Gasteiger partial charge < -0.3 is 14.5 Å². The number of carbonyl (C=O) groups excluding carboxylic acids is 2. The maximum atomic E-state index is 12.6. The van der Waals surface area contributed by atoms with Crippen molar-refractivity contribution in [2.75, 3.05) is 13.2 Å². The minimum Gasteiger partial charge on any atom is -0.450 e. The average molecular weight is 404 g/mol. The molecule has 5 nitrogen and oxygen atoms in total. The van der Waals surface area contributed by atoms with Gasteiger partial charge in [-0.3, -0.25) is 4.79 Å². The molecule has 28 heavy (non-hydrogen) atoms. The summed E-state index contributed by atoms with van der Waals surface area (Å²) in [6.45, 7) is 4.29. The van der Waals surface area contributed by atoms with E-state index in [9.17, 15) is 9.59 Å². The molecule has 0 radical (unpaired) electrons. The van der Waals surface area contributed by atoms with Gasteiger partial charge in [-0.05, 0) is 24.8 Å². The van der Waals surface area contributed by atoms with E-state index in [2.05, 4.69) is 5.32 Å². The molecular weight excluding hydrogens is 374 g/mol. The van der Waals surface area contributed by atoms with E-state index in [1.54, 1.807) is 0 Å². The number of thioether (sulfide) groups is 1. The number of para-hydroxylation sites is 1. The highest BCUT2D eigenvalue weighted by atomic mass is 32.2. The van der Waals surface area contributed by atoms with Gasteiger partial charge in [0, 0.05) is 28.5 Å². The minimum absolute atomic E-state index is 0.223. The summed E-state index contributed by atoms with van der Waals surface area (Å²) in [6.07, 6.45) is 6.35. The number of carbonyl (C=O) groups is 2. The second-order valence-corrected chi connectivity index (χ2v) is 9.04. The van der Waals surface area contributed by atoms with Gasteiger partial charge >= 0.3 is 5.97 Å². The maximum Gasteiger partial charge on any atom is 0.375 e. The second kappa shape index (κ2) is 10.0. The van der Waals surface area contributed by atoms with Gasteiger partial charge in [-0.25, -0.2) is 4.79 Å². The molecule has 3 rings (SSSR count). The van der Waals surface area contributed by atoms with Crippen LogP contribution in [0.15, 0.2) is 28.7 Å². The van der Waals surface area contributed by atoms with Crippen LogP contribution in [0.3, 0.4) is 0 Å². The van der Waals surface area contributed by atoms with Crippen molar-refractivity contribution < 1.29 is 18.7 Å². The normalized spacial score (nSPS) is 15.1. The minimum atomic E-state index is -0.574. The molecule has 1 aliphatic rings. The van der Waals surface area contributed by atoms with Crippen LogP contribution >= 0.6 is 11.8 Å².